The Hall–Kier alpha value is 0.270. The second-order valence-electron chi connectivity index (χ2n) is 5.46. The second-order valence-corrected chi connectivity index (χ2v) is 5.83. The van der Waals surface area contributed by atoms with Gasteiger partial charge in [-0.2, -0.15) is 12.6 Å². The molecule has 110 valence electrons. The molecule has 18 heavy (non-hydrogen) atoms. The van der Waals surface area contributed by atoms with Gasteiger partial charge in [0.15, 0.2) is 0 Å². The minimum atomic E-state index is 0.724. The maximum absolute atomic E-state index is 4.49. The van der Waals surface area contributed by atoms with Crippen LogP contribution in [0.1, 0.15) is 41.0 Å². The normalized spacial score (nSPS) is 13.8. The molecular formula is C15H34N2S. The lowest BCUT2D eigenvalue weighted by molar-refractivity contribution is 0.205. The summed E-state index contributed by atoms with van der Waals surface area (Å²) in [4.78, 5) is 5.09. The second kappa shape index (κ2) is 11.1. The van der Waals surface area contributed by atoms with Gasteiger partial charge in [0.05, 0.1) is 0 Å². The summed E-state index contributed by atoms with van der Waals surface area (Å²) in [5.74, 6) is 2.46. The predicted molar refractivity (Wildman–Crippen MR) is 86.7 cm³/mol. The lowest BCUT2D eigenvalue weighted by Gasteiger charge is -2.28. The summed E-state index contributed by atoms with van der Waals surface area (Å²) in [5, 5.41) is 0. The fraction of sp³-hybridized carbons (Fsp3) is 1.00. The zero-order valence-corrected chi connectivity index (χ0v) is 14.0. The standard InChI is InChI=1S/C15H34N2S/c1-6-16(7-2)10-9-11-17(8-3)12-15(13-18)14(4)5/h14-15,18H,6-13H2,1-5H3. The van der Waals surface area contributed by atoms with E-state index in [9.17, 15) is 0 Å². The molecule has 3 heteroatoms. The highest BCUT2D eigenvalue weighted by Crippen LogP contribution is 2.14. The molecule has 1 atom stereocenters. The Morgan fingerprint density at radius 2 is 1.39 bits per heavy atom. The van der Waals surface area contributed by atoms with Gasteiger partial charge in [0, 0.05) is 6.54 Å². The van der Waals surface area contributed by atoms with E-state index in [1.807, 2.05) is 0 Å². The molecule has 0 spiro atoms. The van der Waals surface area contributed by atoms with Gasteiger partial charge in [0.2, 0.25) is 0 Å². The summed E-state index contributed by atoms with van der Waals surface area (Å²) in [6, 6.07) is 0. The number of hydrogen-bond acceptors (Lipinski definition) is 3. The molecule has 0 radical (unpaired) electrons. The average molecular weight is 275 g/mol. The number of nitrogens with zero attached hydrogens (tertiary/aromatic N) is 2. The molecule has 0 heterocycles. The lowest BCUT2D eigenvalue weighted by atomic mass is 9.97. The molecule has 0 fully saturated rings. The van der Waals surface area contributed by atoms with Crippen LogP contribution in [-0.4, -0.2) is 54.8 Å². The SMILES string of the molecule is CCN(CC)CCCN(CC)CC(CS)C(C)C. The third-order valence-electron chi connectivity index (χ3n) is 3.96. The molecule has 0 aliphatic rings. The van der Waals surface area contributed by atoms with Crippen molar-refractivity contribution in [2.24, 2.45) is 11.8 Å². The highest BCUT2D eigenvalue weighted by atomic mass is 32.1. The van der Waals surface area contributed by atoms with Crippen molar-refractivity contribution in [1.82, 2.24) is 9.80 Å². The van der Waals surface area contributed by atoms with Crippen molar-refractivity contribution in [1.29, 1.82) is 0 Å². The fourth-order valence-electron chi connectivity index (χ4n) is 2.25. The van der Waals surface area contributed by atoms with Gasteiger partial charge in [-0.3, -0.25) is 0 Å². The quantitative estimate of drug-likeness (QED) is 0.578. The Morgan fingerprint density at radius 3 is 1.78 bits per heavy atom. The highest BCUT2D eigenvalue weighted by Gasteiger charge is 2.15. The Bertz CT molecular complexity index is 181. The van der Waals surface area contributed by atoms with Crippen LogP contribution in [0.3, 0.4) is 0 Å². The van der Waals surface area contributed by atoms with Crippen molar-refractivity contribution < 1.29 is 0 Å². The van der Waals surface area contributed by atoms with E-state index in [1.54, 1.807) is 0 Å². The van der Waals surface area contributed by atoms with Crippen LogP contribution in [0.25, 0.3) is 0 Å². The van der Waals surface area contributed by atoms with E-state index in [0.29, 0.717) is 0 Å². The summed E-state index contributed by atoms with van der Waals surface area (Å²) in [6.07, 6.45) is 1.28. The Kier molecular flexibility index (Phi) is 11.3. The third kappa shape index (κ3) is 7.65. The molecule has 0 aromatic heterocycles. The molecular weight excluding hydrogens is 240 g/mol. The summed E-state index contributed by atoms with van der Waals surface area (Å²) < 4.78 is 0. The molecule has 0 bridgehead atoms. The van der Waals surface area contributed by atoms with Crippen molar-refractivity contribution in [3.63, 3.8) is 0 Å². The van der Waals surface area contributed by atoms with Crippen LogP contribution in [0.5, 0.6) is 0 Å². The van der Waals surface area contributed by atoms with Crippen LogP contribution in [0.2, 0.25) is 0 Å². The Labute approximate surface area is 121 Å². The van der Waals surface area contributed by atoms with E-state index in [-0.39, 0.29) is 0 Å². The largest absolute Gasteiger partial charge is 0.304 e. The first-order valence-corrected chi connectivity index (χ1v) is 8.27. The van der Waals surface area contributed by atoms with Crippen LogP contribution in [0.15, 0.2) is 0 Å². The monoisotopic (exact) mass is 274 g/mol. The molecule has 0 aromatic rings. The number of rotatable bonds is 11. The Morgan fingerprint density at radius 1 is 0.889 bits per heavy atom. The maximum Gasteiger partial charge on any atom is 0.00198 e. The van der Waals surface area contributed by atoms with Gasteiger partial charge in [0.25, 0.3) is 0 Å². The fourth-order valence-corrected chi connectivity index (χ4v) is 2.78. The number of hydrogen-bond donors (Lipinski definition) is 1. The summed E-state index contributed by atoms with van der Waals surface area (Å²) >= 11 is 4.49. The third-order valence-corrected chi connectivity index (χ3v) is 4.43. The van der Waals surface area contributed by atoms with Crippen LogP contribution < -0.4 is 0 Å². The lowest BCUT2D eigenvalue weighted by Crippen LogP contribution is -2.35. The molecule has 1 unspecified atom stereocenters. The molecule has 2 nitrogen and oxygen atoms in total. The summed E-state index contributed by atoms with van der Waals surface area (Å²) in [5.41, 5.74) is 0. The first kappa shape index (κ1) is 18.3. The zero-order chi connectivity index (χ0) is 14.0. The van der Waals surface area contributed by atoms with Crippen LogP contribution in [0.4, 0.5) is 0 Å². The molecule has 0 N–H and O–H groups in total. The average Bonchev–Trinajstić information content (AvgIpc) is 2.37. The molecule has 0 saturated carbocycles. The first-order valence-electron chi connectivity index (χ1n) is 7.64. The topological polar surface area (TPSA) is 6.48 Å². The van der Waals surface area contributed by atoms with Crippen molar-refractivity contribution in [3.05, 3.63) is 0 Å². The van der Waals surface area contributed by atoms with E-state index < -0.39 is 0 Å². The van der Waals surface area contributed by atoms with Gasteiger partial charge >= 0.3 is 0 Å². The highest BCUT2D eigenvalue weighted by molar-refractivity contribution is 7.80. The van der Waals surface area contributed by atoms with Crippen LogP contribution >= 0.6 is 12.6 Å². The van der Waals surface area contributed by atoms with Gasteiger partial charge < -0.3 is 9.80 Å². The van der Waals surface area contributed by atoms with Gasteiger partial charge in [-0.05, 0) is 56.7 Å². The van der Waals surface area contributed by atoms with Crippen LogP contribution in [0, 0.1) is 11.8 Å². The molecule has 0 aliphatic heterocycles. The van der Waals surface area contributed by atoms with Crippen molar-refractivity contribution in [2.75, 3.05) is 45.0 Å². The van der Waals surface area contributed by atoms with E-state index in [4.69, 9.17) is 0 Å². The molecule has 0 aliphatic carbocycles. The molecule has 0 saturated heterocycles. The number of thiol groups is 1. The van der Waals surface area contributed by atoms with E-state index in [2.05, 4.69) is 57.0 Å². The van der Waals surface area contributed by atoms with Gasteiger partial charge in [-0.1, -0.05) is 34.6 Å². The van der Waals surface area contributed by atoms with Crippen molar-refractivity contribution in [2.45, 2.75) is 41.0 Å². The minimum Gasteiger partial charge on any atom is -0.304 e. The van der Waals surface area contributed by atoms with Crippen molar-refractivity contribution >= 4 is 12.6 Å². The molecule has 0 aromatic carbocycles. The Balaban J connectivity index is 3.96. The van der Waals surface area contributed by atoms with Gasteiger partial charge in [0.1, 0.15) is 0 Å². The van der Waals surface area contributed by atoms with Crippen molar-refractivity contribution in [3.8, 4) is 0 Å². The minimum absolute atomic E-state index is 0.724. The summed E-state index contributed by atoms with van der Waals surface area (Å²) in [6.45, 7) is 18.6. The van der Waals surface area contributed by atoms with E-state index >= 15 is 0 Å². The van der Waals surface area contributed by atoms with Gasteiger partial charge in [-0.25, -0.2) is 0 Å². The predicted octanol–water partition coefficient (Wildman–Crippen LogP) is 3.24. The van der Waals surface area contributed by atoms with E-state index in [0.717, 1.165) is 24.1 Å². The smallest absolute Gasteiger partial charge is 0.00198 e. The van der Waals surface area contributed by atoms with Crippen LogP contribution in [-0.2, 0) is 0 Å². The summed E-state index contributed by atoms with van der Waals surface area (Å²) in [7, 11) is 0. The van der Waals surface area contributed by atoms with Gasteiger partial charge in [-0.15, -0.1) is 0 Å². The molecule has 0 amide bonds. The maximum atomic E-state index is 4.49. The zero-order valence-electron chi connectivity index (χ0n) is 13.2. The molecule has 0 rings (SSSR count). The first-order chi connectivity index (χ1) is 8.58. The van der Waals surface area contributed by atoms with E-state index in [1.165, 1.54) is 39.1 Å².